The first-order valence-electron chi connectivity index (χ1n) is 11.8. The maximum absolute atomic E-state index is 13.2. The minimum atomic E-state index is -0.961. The van der Waals surface area contributed by atoms with Gasteiger partial charge in [0.15, 0.2) is 0 Å². The van der Waals surface area contributed by atoms with E-state index in [0.29, 0.717) is 30.0 Å². The van der Waals surface area contributed by atoms with Crippen LogP contribution in [0.3, 0.4) is 0 Å². The maximum Gasteiger partial charge on any atom is 0.295 e. The number of aliphatic hydroxyl groups excluding tert-OH is 1. The summed E-state index contributed by atoms with van der Waals surface area (Å²) < 4.78 is 5.59. The van der Waals surface area contributed by atoms with E-state index in [2.05, 4.69) is 11.5 Å². The zero-order valence-corrected chi connectivity index (χ0v) is 20.8. The van der Waals surface area contributed by atoms with Crippen LogP contribution in [0.5, 0.6) is 5.75 Å². The highest BCUT2D eigenvalue weighted by molar-refractivity contribution is 6.46. The number of likely N-dealkylation sites (tertiary alicyclic amines) is 1. The SMILES string of the molecule is C=CCOc1ccc(C(O)=C2C(=O)C(=O)N(CCN(CC)CC)C2c2cccc([N+](=O)[O-])c2)cc1C. The topological polar surface area (TPSA) is 113 Å². The molecule has 1 aliphatic rings. The molecule has 1 N–H and O–H groups in total. The number of hydrogen-bond donors (Lipinski definition) is 1. The van der Waals surface area contributed by atoms with Gasteiger partial charge >= 0.3 is 0 Å². The van der Waals surface area contributed by atoms with E-state index in [9.17, 15) is 24.8 Å². The normalized spacial score (nSPS) is 17.0. The lowest BCUT2D eigenvalue weighted by atomic mass is 9.94. The van der Waals surface area contributed by atoms with Gasteiger partial charge in [0.25, 0.3) is 17.4 Å². The van der Waals surface area contributed by atoms with E-state index >= 15 is 0 Å². The number of nitro groups is 1. The van der Waals surface area contributed by atoms with Crippen molar-refractivity contribution >= 4 is 23.1 Å². The summed E-state index contributed by atoms with van der Waals surface area (Å²) in [5.74, 6) is -1.31. The third kappa shape index (κ3) is 5.46. The first-order valence-corrected chi connectivity index (χ1v) is 11.8. The summed E-state index contributed by atoms with van der Waals surface area (Å²) >= 11 is 0. The number of likely N-dealkylation sites (N-methyl/N-ethyl adjacent to an activating group) is 1. The monoisotopic (exact) mass is 493 g/mol. The lowest BCUT2D eigenvalue weighted by molar-refractivity contribution is -0.384. The third-order valence-electron chi connectivity index (χ3n) is 6.29. The summed E-state index contributed by atoms with van der Waals surface area (Å²) in [5.41, 5.74) is 1.19. The van der Waals surface area contributed by atoms with Gasteiger partial charge in [-0.2, -0.15) is 0 Å². The van der Waals surface area contributed by atoms with Crippen LogP contribution < -0.4 is 4.74 Å². The van der Waals surface area contributed by atoms with Crippen LogP contribution in [-0.4, -0.2) is 64.3 Å². The molecule has 0 saturated carbocycles. The molecule has 1 atom stereocenters. The Morgan fingerprint density at radius 2 is 1.94 bits per heavy atom. The fourth-order valence-corrected chi connectivity index (χ4v) is 4.32. The van der Waals surface area contributed by atoms with Crippen LogP contribution in [0.1, 0.15) is 36.6 Å². The Labute approximate surface area is 210 Å². The van der Waals surface area contributed by atoms with Gasteiger partial charge < -0.3 is 19.6 Å². The summed E-state index contributed by atoms with van der Waals surface area (Å²) in [6, 6.07) is 9.80. The maximum atomic E-state index is 13.2. The predicted octanol–water partition coefficient (Wildman–Crippen LogP) is 4.23. The Balaban J connectivity index is 2.12. The first kappa shape index (κ1) is 26.6. The van der Waals surface area contributed by atoms with Crippen molar-refractivity contribution in [2.45, 2.75) is 26.8 Å². The number of nitro benzene ring substituents is 1. The van der Waals surface area contributed by atoms with Crippen LogP contribution in [-0.2, 0) is 9.59 Å². The van der Waals surface area contributed by atoms with E-state index in [1.54, 1.807) is 37.3 Å². The molecule has 0 spiro atoms. The first-order chi connectivity index (χ1) is 17.2. The number of ether oxygens (including phenoxy) is 1. The second-order valence-corrected chi connectivity index (χ2v) is 8.45. The number of carbonyl (C=O) groups is 2. The molecule has 0 aromatic heterocycles. The van der Waals surface area contributed by atoms with Crippen molar-refractivity contribution in [1.29, 1.82) is 0 Å². The van der Waals surface area contributed by atoms with Crippen LogP contribution in [0.4, 0.5) is 5.69 Å². The van der Waals surface area contributed by atoms with Crippen LogP contribution >= 0.6 is 0 Å². The van der Waals surface area contributed by atoms with Gasteiger partial charge in [0.2, 0.25) is 0 Å². The van der Waals surface area contributed by atoms with Gasteiger partial charge in [0, 0.05) is 30.8 Å². The quantitative estimate of drug-likeness (QED) is 0.124. The standard InChI is InChI=1S/C27H31N3O6/c1-5-15-36-22-12-11-20(16-18(22)4)25(31)23-24(19-9-8-10-21(17-19)30(34)35)29(27(33)26(23)32)14-13-28(6-2)7-3/h5,8-12,16-17,24,31H,1,6-7,13-15H2,2-4H3. The highest BCUT2D eigenvalue weighted by Gasteiger charge is 2.46. The second kappa shape index (κ2) is 11.6. The van der Waals surface area contributed by atoms with Crippen molar-refractivity contribution in [3.8, 4) is 5.75 Å². The molecule has 36 heavy (non-hydrogen) atoms. The minimum absolute atomic E-state index is 0.0980. The zero-order valence-electron chi connectivity index (χ0n) is 20.8. The van der Waals surface area contributed by atoms with Gasteiger partial charge in [-0.3, -0.25) is 19.7 Å². The van der Waals surface area contributed by atoms with Crippen LogP contribution in [0.25, 0.3) is 5.76 Å². The zero-order chi connectivity index (χ0) is 26.4. The molecule has 0 radical (unpaired) electrons. The molecule has 9 nitrogen and oxygen atoms in total. The summed E-state index contributed by atoms with van der Waals surface area (Å²) in [6.45, 7) is 12.0. The molecule has 0 aliphatic carbocycles. The van der Waals surface area contributed by atoms with Crippen molar-refractivity contribution in [1.82, 2.24) is 9.80 Å². The molecule has 1 heterocycles. The summed E-state index contributed by atoms with van der Waals surface area (Å²) in [6.07, 6.45) is 1.62. The van der Waals surface area contributed by atoms with E-state index in [4.69, 9.17) is 4.74 Å². The van der Waals surface area contributed by atoms with Gasteiger partial charge in [-0.15, -0.1) is 0 Å². The lowest BCUT2D eigenvalue weighted by Crippen LogP contribution is -2.38. The Kier molecular flexibility index (Phi) is 8.60. The van der Waals surface area contributed by atoms with Crippen molar-refractivity contribution < 1.29 is 24.4 Å². The summed E-state index contributed by atoms with van der Waals surface area (Å²) in [7, 11) is 0. The predicted molar refractivity (Wildman–Crippen MR) is 137 cm³/mol. The summed E-state index contributed by atoms with van der Waals surface area (Å²) in [5, 5.41) is 22.7. The highest BCUT2D eigenvalue weighted by Crippen LogP contribution is 2.40. The average molecular weight is 494 g/mol. The Morgan fingerprint density at radius 1 is 1.22 bits per heavy atom. The molecule has 3 rings (SSSR count). The largest absolute Gasteiger partial charge is 0.507 e. The second-order valence-electron chi connectivity index (χ2n) is 8.45. The molecule has 0 bridgehead atoms. The molecule has 1 amide bonds. The van der Waals surface area contributed by atoms with E-state index in [-0.39, 0.29) is 23.6 Å². The minimum Gasteiger partial charge on any atom is -0.507 e. The smallest absolute Gasteiger partial charge is 0.295 e. The van der Waals surface area contributed by atoms with Crippen molar-refractivity contribution in [3.63, 3.8) is 0 Å². The van der Waals surface area contributed by atoms with E-state index in [0.717, 1.165) is 18.7 Å². The number of aryl methyl sites for hydroxylation is 1. The number of carbonyl (C=O) groups excluding carboxylic acids is 2. The van der Waals surface area contributed by atoms with Gasteiger partial charge in [-0.25, -0.2) is 0 Å². The molecule has 9 heteroatoms. The molecular weight excluding hydrogens is 462 g/mol. The van der Waals surface area contributed by atoms with Crippen molar-refractivity contribution in [2.75, 3.05) is 32.8 Å². The van der Waals surface area contributed by atoms with Gasteiger partial charge in [-0.1, -0.05) is 38.6 Å². The molecule has 2 aromatic carbocycles. The van der Waals surface area contributed by atoms with Crippen molar-refractivity contribution in [3.05, 3.63) is 87.5 Å². The fraction of sp³-hybridized carbons (Fsp3) is 0.333. The number of amides is 1. The van der Waals surface area contributed by atoms with E-state index in [1.807, 2.05) is 13.8 Å². The number of Topliss-reactive ketones (excluding diaryl/α,β-unsaturated/α-hetero) is 1. The van der Waals surface area contributed by atoms with Gasteiger partial charge in [0.05, 0.1) is 16.5 Å². The van der Waals surface area contributed by atoms with Crippen LogP contribution in [0, 0.1) is 17.0 Å². The molecule has 2 aromatic rings. The number of rotatable bonds is 11. The van der Waals surface area contributed by atoms with Gasteiger partial charge in [-0.05, 0) is 49.3 Å². The third-order valence-corrected chi connectivity index (χ3v) is 6.29. The Bertz CT molecular complexity index is 1200. The molecule has 190 valence electrons. The van der Waals surface area contributed by atoms with Crippen molar-refractivity contribution in [2.24, 2.45) is 0 Å². The Hall–Kier alpha value is -3.98. The number of non-ortho nitro benzene ring substituents is 1. The Morgan fingerprint density at radius 3 is 2.56 bits per heavy atom. The number of aliphatic hydroxyl groups is 1. The number of nitrogens with zero attached hydrogens (tertiary/aromatic N) is 3. The molecular formula is C27H31N3O6. The molecule has 1 aliphatic heterocycles. The van der Waals surface area contributed by atoms with Gasteiger partial charge in [0.1, 0.15) is 18.1 Å². The molecule has 1 fully saturated rings. The van der Waals surface area contributed by atoms with Crippen LogP contribution in [0.2, 0.25) is 0 Å². The molecule has 1 saturated heterocycles. The highest BCUT2D eigenvalue weighted by atomic mass is 16.6. The average Bonchev–Trinajstić information content (AvgIpc) is 3.13. The van der Waals surface area contributed by atoms with E-state index in [1.165, 1.54) is 23.1 Å². The number of ketones is 1. The van der Waals surface area contributed by atoms with Crippen LogP contribution in [0.15, 0.2) is 60.7 Å². The number of benzene rings is 2. The number of hydrogen-bond acceptors (Lipinski definition) is 7. The fourth-order valence-electron chi connectivity index (χ4n) is 4.32. The summed E-state index contributed by atoms with van der Waals surface area (Å²) in [4.78, 5) is 40.7. The molecule has 1 unspecified atom stereocenters. The van der Waals surface area contributed by atoms with E-state index < -0.39 is 22.7 Å². The lowest BCUT2D eigenvalue weighted by Gasteiger charge is -2.28.